The molecule has 0 aliphatic heterocycles. The highest BCUT2D eigenvalue weighted by atomic mass is 31.0. The van der Waals surface area contributed by atoms with Gasteiger partial charge in [-0.15, -0.1) is 9.24 Å². The second-order valence-electron chi connectivity index (χ2n) is 2.57. The molecule has 1 atom stereocenters. The van der Waals surface area contributed by atoms with E-state index in [1.54, 1.807) is 6.07 Å². The van der Waals surface area contributed by atoms with Crippen LogP contribution in [0.5, 0.6) is 0 Å². The molecular weight excluding hydrogens is 184 g/mol. The normalized spacial score (nSPS) is 11.8. The Hall–Kier alpha value is -0.560. The van der Waals surface area contributed by atoms with Crippen LogP contribution in [0.4, 0.5) is 13.2 Å². The van der Waals surface area contributed by atoms with Gasteiger partial charge < -0.3 is 0 Å². The molecule has 1 aromatic rings. The van der Waals surface area contributed by atoms with Crippen molar-refractivity contribution in [3.8, 4) is 0 Å². The maximum Gasteiger partial charge on any atom is 0.416 e. The predicted octanol–water partition coefficient (Wildman–Crippen LogP) is 2.51. The van der Waals surface area contributed by atoms with Crippen molar-refractivity contribution >= 4 is 14.5 Å². The van der Waals surface area contributed by atoms with Crippen molar-refractivity contribution in [2.24, 2.45) is 0 Å². The molecule has 0 amide bonds. The van der Waals surface area contributed by atoms with Gasteiger partial charge in [0.25, 0.3) is 0 Å². The van der Waals surface area contributed by atoms with E-state index in [9.17, 15) is 13.2 Å². The van der Waals surface area contributed by atoms with E-state index in [1.807, 2.05) is 0 Å². The summed E-state index contributed by atoms with van der Waals surface area (Å²) in [5.41, 5.74) is -0.302. The molecule has 0 nitrogen and oxygen atoms in total. The zero-order valence-electron chi connectivity index (χ0n) is 6.44. The number of rotatable bonds is 0. The fraction of sp³-hybridized carbons (Fsp3) is 0.250. The monoisotopic (exact) mass is 192 g/mol. The number of hydrogen-bond acceptors (Lipinski definition) is 0. The van der Waals surface area contributed by atoms with E-state index in [-0.39, 0.29) is 5.56 Å². The molecule has 0 aromatic heterocycles. The molecule has 0 fully saturated rings. The van der Waals surface area contributed by atoms with Gasteiger partial charge in [0, 0.05) is 0 Å². The van der Waals surface area contributed by atoms with Gasteiger partial charge in [-0.25, -0.2) is 0 Å². The van der Waals surface area contributed by atoms with Crippen molar-refractivity contribution in [3.63, 3.8) is 0 Å². The summed E-state index contributed by atoms with van der Waals surface area (Å²) in [7, 11) is 2.24. The second-order valence-corrected chi connectivity index (χ2v) is 3.24. The van der Waals surface area contributed by atoms with E-state index in [0.717, 1.165) is 6.07 Å². The zero-order valence-corrected chi connectivity index (χ0v) is 7.60. The topological polar surface area (TPSA) is 0 Å². The minimum absolute atomic E-state index is 0.258. The molecule has 0 N–H and O–H groups in total. The Bertz CT molecular complexity index is 291. The lowest BCUT2D eigenvalue weighted by atomic mass is 10.1. The molecule has 4 heteroatoms. The van der Waals surface area contributed by atoms with E-state index < -0.39 is 11.7 Å². The van der Waals surface area contributed by atoms with E-state index in [1.165, 1.54) is 13.0 Å². The number of benzene rings is 1. The maximum absolute atomic E-state index is 12.2. The van der Waals surface area contributed by atoms with Crippen LogP contribution in [-0.4, -0.2) is 0 Å². The van der Waals surface area contributed by atoms with Crippen molar-refractivity contribution in [1.29, 1.82) is 0 Å². The Kier molecular flexibility index (Phi) is 2.43. The first-order valence-corrected chi connectivity index (χ1v) is 3.92. The van der Waals surface area contributed by atoms with Gasteiger partial charge in [-0.1, -0.05) is 12.1 Å². The first-order chi connectivity index (χ1) is 5.41. The third-order valence-electron chi connectivity index (χ3n) is 1.57. The molecule has 1 aromatic carbocycles. The molecular formula is C8H8F3P. The predicted molar refractivity (Wildman–Crippen MR) is 45.5 cm³/mol. The van der Waals surface area contributed by atoms with Crippen LogP contribution in [-0.2, 0) is 6.18 Å². The number of hydrogen-bond donors (Lipinski definition) is 0. The van der Waals surface area contributed by atoms with Crippen LogP contribution in [0.3, 0.4) is 0 Å². The Balaban J connectivity index is 3.23. The van der Waals surface area contributed by atoms with Gasteiger partial charge in [0.05, 0.1) is 5.56 Å². The highest BCUT2D eigenvalue weighted by Gasteiger charge is 2.31. The maximum atomic E-state index is 12.2. The Morgan fingerprint density at radius 2 is 1.83 bits per heavy atom. The molecule has 0 saturated carbocycles. The molecule has 0 spiro atoms. The van der Waals surface area contributed by atoms with Gasteiger partial charge in [-0.05, 0) is 23.9 Å². The second kappa shape index (κ2) is 3.06. The standard InChI is InChI=1S/C8H8F3P/c1-5-2-3-6(12)4-7(5)8(9,10)11/h2-4H,12H2,1H3. The molecule has 0 heterocycles. The summed E-state index contributed by atoms with van der Waals surface area (Å²) >= 11 is 0. The minimum Gasteiger partial charge on any atom is -0.166 e. The lowest BCUT2D eigenvalue weighted by molar-refractivity contribution is -0.138. The lowest BCUT2D eigenvalue weighted by Crippen LogP contribution is -2.10. The van der Waals surface area contributed by atoms with Crippen molar-refractivity contribution in [2.45, 2.75) is 13.1 Å². The fourth-order valence-corrected chi connectivity index (χ4v) is 1.21. The molecule has 12 heavy (non-hydrogen) atoms. The van der Waals surface area contributed by atoms with Crippen molar-refractivity contribution < 1.29 is 13.2 Å². The molecule has 0 aliphatic carbocycles. The summed E-state index contributed by atoms with van der Waals surface area (Å²) < 4.78 is 36.7. The van der Waals surface area contributed by atoms with Crippen molar-refractivity contribution in [1.82, 2.24) is 0 Å². The van der Waals surface area contributed by atoms with Crippen molar-refractivity contribution in [3.05, 3.63) is 29.3 Å². The van der Waals surface area contributed by atoms with Gasteiger partial charge in [0.2, 0.25) is 0 Å². The highest BCUT2D eigenvalue weighted by molar-refractivity contribution is 7.27. The van der Waals surface area contributed by atoms with Crippen LogP contribution in [0, 0.1) is 6.92 Å². The lowest BCUT2D eigenvalue weighted by Gasteiger charge is -2.10. The fourth-order valence-electron chi connectivity index (χ4n) is 0.945. The average molecular weight is 192 g/mol. The van der Waals surface area contributed by atoms with E-state index in [2.05, 4.69) is 9.24 Å². The summed E-state index contributed by atoms with van der Waals surface area (Å²) in [5, 5.41) is 0.549. The average Bonchev–Trinajstić information content (AvgIpc) is 1.92. The molecule has 0 bridgehead atoms. The van der Waals surface area contributed by atoms with Crippen LogP contribution in [0.1, 0.15) is 11.1 Å². The Morgan fingerprint density at radius 1 is 1.25 bits per heavy atom. The van der Waals surface area contributed by atoms with Gasteiger partial charge in [0.15, 0.2) is 0 Å². The van der Waals surface area contributed by atoms with Crippen LogP contribution >= 0.6 is 9.24 Å². The molecule has 1 unspecified atom stereocenters. The first-order valence-electron chi connectivity index (χ1n) is 3.34. The van der Waals surface area contributed by atoms with Crippen LogP contribution in [0.25, 0.3) is 0 Å². The van der Waals surface area contributed by atoms with E-state index in [0.29, 0.717) is 5.30 Å². The van der Waals surface area contributed by atoms with Crippen LogP contribution < -0.4 is 5.30 Å². The highest BCUT2D eigenvalue weighted by Crippen LogP contribution is 2.31. The van der Waals surface area contributed by atoms with Gasteiger partial charge in [-0.2, -0.15) is 13.2 Å². The summed E-state index contributed by atoms with van der Waals surface area (Å²) in [6, 6.07) is 4.22. The Morgan fingerprint density at radius 3 is 2.25 bits per heavy atom. The first kappa shape index (κ1) is 9.53. The SMILES string of the molecule is Cc1ccc(P)cc1C(F)(F)F. The minimum atomic E-state index is -4.24. The molecule has 1 rings (SSSR count). The number of alkyl halides is 3. The van der Waals surface area contributed by atoms with Gasteiger partial charge in [-0.3, -0.25) is 0 Å². The Labute approximate surface area is 71.0 Å². The quantitative estimate of drug-likeness (QED) is 0.554. The van der Waals surface area contributed by atoms with E-state index >= 15 is 0 Å². The van der Waals surface area contributed by atoms with Crippen molar-refractivity contribution in [2.75, 3.05) is 0 Å². The van der Waals surface area contributed by atoms with Crippen LogP contribution in [0.2, 0.25) is 0 Å². The van der Waals surface area contributed by atoms with Crippen LogP contribution in [0.15, 0.2) is 18.2 Å². The molecule has 0 radical (unpaired) electrons. The van der Waals surface area contributed by atoms with Gasteiger partial charge >= 0.3 is 6.18 Å². The summed E-state index contributed by atoms with van der Waals surface area (Å²) in [5.74, 6) is 0. The number of halogens is 3. The summed E-state index contributed by atoms with van der Waals surface area (Å²) in [6.07, 6.45) is -4.24. The molecule has 66 valence electrons. The third kappa shape index (κ3) is 1.98. The smallest absolute Gasteiger partial charge is 0.166 e. The third-order valence-corrected chi connectivity index (χ3v) is 1.93. The summed E-state index contributed by atoms with van der Waals surface area (Å²) in [4.78, 5) is 0. The summed E-state index contributed by atoms with van der Waals surface area (Å²) in [6.45, 7) is 1.45. The molecule has 0 saturated heterocycles. The van der Waals surface area contributed by atoms with Gasteiger partial charge in [0.1, 0.15) is 0 Å². The van der Waals surface area contributed by atoms with E-state index in [4.69, 9.17) is 0 Å². The molecule has 0 aliphatic rings. The zero-order chi connectivity index (χ0) is 9.35. The largest absolute Gasteiger partial charge is 0.416 e. The number of aryl methyl sites for hydroxylation is 1.